The van der Waals surface area contributed by atoms with E-state index in [0.717, 1.165) is 0 Å². The molecule has 6 heteroatoms. The van der Waals surface area contributed by atoms with Crippen LogP contribution in [0.2, 0.25) is 0 Å². The van der Waals surface area contributed by atoms with E-state index in [4.69, 9.17) is 19.2 Å². The Hall–Kier alpha value is 1.11. The Bertz CT molecular complexity index is 61.9. The molecule has 32 valence electrons. The summed E-state index contributed by atoms with van der Waals surface area (Å²) in [5, 5.41) is 0. The van der Waals surface area contributed by atoms with Gasteiger partial charge in [0, 0.05) is 0 Å². The van der Waals surface area contributed by atoms with E-state index in [1.54, 1.807) is 0 Å². The quantitative estimate of drug-likeness (QED) is 0.230. The Morgan fingerprint density at radius 2 is 1.33 bits per heavy atom. The second kappa shape index (κ2) is 3.16. The van der Waals surface area contributed by atoms with Crippen molar-refractivity contribution in [3.05, 3.63) is 0 Å². The smallest absolute Gasteiger partial charge is 0.303 e. The molecule has 0 aromatic carbocycles. The molecule has 0 aliphatic carbocycles. The van der Waals surface area contributed by atoms with Gasteiger partial charge in [0.1, 0.15) is 0 Å². The molecule has 0 saturated carbocycles. The molecule has 0 unspecified atom stereocenters. The van der Waals surface area contributed by atoms with Crippen LogP contribution in [0.4, 0.5) is 0 Å². The topological polar surface area (TPSA) is 77.8 Å². The van der Waals surface area contributed by atoms with E-state index in [1.807, 2.05) is 0 Å². The maximum absolute atomic E-state index is 8.88. The van der Waals surface area contributed by atoms with Crippen LogP contribution in [-0.2, 0) is 4.57 Å². The van der Waals surface area contributed by atoms with Crippen LogP contribution >= 0.6 is 7.82 Å². The molecule has 0 heterocycles. The first-order chi connectivity index (χ1) is 2.00. The van der Waals surface area contributed by atoms with Gasteiger partial charge in [-0.05, 0) is 0 Å². The zero-order valence-electron chi connectivity index (χ0n) is 6.20. The zero-order valence-corrected chi connectivity index (χ0v) is 6.09. The van der Waals surface area contributed by atoms with Gasteiger partial charge in [-0.3, -0.25) is 0 Å². The number of hydrogen-bond donors (Lipinski definition) is 3. The monoisotopic (exact) mass is 124 g/mol. The summed E-state index contributed by atoms with van der Waals surface area (Å²) in [6, 6.07) is 0. The molecule has 0 rings (SSSR count). The zero-order chi connectivity index (χ0) is 4.50. The van der Waals surface area contributed by atoms with Gasteiger partial charge >= 0.3 is 41.7 Å². The summed E-state index contributed by atoms with van der Waals surface area (Å²) in [5.74, 6) is 0. The van der Waals surface area contributed by atoms with E-state index < -0.39 is 7.82 Å². The minimum Gasteiger partial charge on any atom is -0.303 e. The molecule has 4 nitrogen and oxygen atoms in total. The van der Waals surface area contributed by atoms with Crippen molar-refractivity contribution in [1.82, 2.24) is 0 Å². The molecule has 0 bridgehead atoms. The van der Waals surface area contributed by atoms with Gasteiger partial charge in [-0.1, -0.05) is 0 Å². The van der Waals surface area contributed by atoms with E-state index >= 15 is 0 Å². The summed E-state index contributed by atoms with van der Waals surface area (Å²) in [4.78, 5) is 21.6. The molecular weight excluding hydrogens is 118 g/mol. The van der Waals surface area contributed by atoms with Gasteiger partial charge in [-0.15, -0.1) is 0 Å². The van der Waals surface area contributed by atoms with Crippen LogP contribution in [-0.4, -0.2) is 14.7 Å². The third-order valence-electron chi connectivity index (χ3n) is 0. The van der Waals surface area contributed by atoms with E-state index in [-0.39, 0.29) is 33.8 Å². The van der Waals surface area contributed by atoms with Crippen LogP contribution in [0, 0.1) is 0 Å². The SMILES string of the molecule is O=P(O)(O)O.[H+].[H+].[H+].[Na+]. The van der Waals surface area contributed by atoms with Crippen molar-refractivity contribution < 1.29 is 53.1 Å². The number of rotatable bonds is 0. The summed E-state index contributed by atoms with van der Waals surface area (Å²) >= 11 is 0. The van der Waals surface area contributed by atoms with E-state index in [0.29, 0.717) is 0 Å². The van der Waals surface area contributed by atoms with Crippen molar-refractivity contribution in [3.63, 3.8) is 0 Å². The Labute approximate surface area is 61.2 Å². The number of phosphoric acid groups is 1. The summed E-state index contributed by atoms with van der Waals surface area (Å²) in [7, 11) is -4.64. The van der Waals surface area contributed by atoms with Gasteiger partial charge in [-0.2, -0.15) is 0 Å². The van der Waals surface area contributed by atoms with E-state index in [1.165, 1.54) is 0 Å². The van der Waals surface area contributed by atoms with Gasteiger partial charge < -0.3 is 14.7 Å². The minimum atomic E-state index is -4.64. The molecule has 0 aromatic heterocycles. The fourth-order valence-electron chi connectivity index (χ4n) is 0. The summed E-state index contributed by atoms with van der Waals surface area (Å²) < 4.78 is 8.88. The fourth-order valence-corrected chi connectivity index (χ4v) is 0. The summed E-state index contributed by atoms with van der Waals surface area (Å²) in [6.45, 7) is 0. The average molecular weight is 124 g/mol. The second-order valence-electron chi connectivity index (χ2n) is 0.513. The minimum absolute atomic E-state index is 0. The fraction of sp³-hybridized carbons (Fsp3) is 0. The van der Waals surface area contributed by atoms with Crippen LogP contribution in [0.25, 0.3) is 0 Å². The predicted octanol–water partition coefficient (Wildman–Crippen LogP) is -3.59. The van der Waals surface area contributed by atoms with Crippen LogP contribution in [0.1, 0.15) is 4.28 Å². The molecule has 6 heavy (non-hydrogen) atoms. The van der Waals surface area contributed by atoms with Gasteiger partial charge in [0.15, 0.2) is 0 Å². The summed E-state index contributed by atoms with van der Waals surface area (Å²) in [6.07, 6.45) is 0. The molecule has 0 aliphatic heterocycles. The molecule has 0 spiro atoms. The van der Waals surface area contributed by atoms with Crippen molar-refractivity contribution in [3.8, 4) is 0 Å². The van der Waals surface area contributed by atoms with Crippen LogP contribution < -0.4 is 29.6 Å². The maximum Gasteiger partial charge on any atom is 1.00 e. The first kappa shape index (κ1) is 10.2. The molecule has 0 aliphatic rings. The first-order valence-corrected chi connectivity index (χ1v) is 2.35. The van der Waals surface area contributed by atoms with Gasteiger partial charge in [0.05, 0.1) is 0 Å². The largest absolute Gasteiger partial charge is 1.00 e. The van der Waals surface area contributed by atoms with Gasteiger partial charge in [0.2, 0.25) is 0 Å². The molecule has 0 radical (unpaired) electrons. The molecule has 3 N–H and O–H groups in total. The normalized spacial score (nSPS) is 9.83. The van der Waals surface area contributed by atoms with Crippen LogP contribution in [0.15, 0.2) is 0 Å². The Kier molecular flexibility index (Phi) is 5.35. The standard InChI is InChI=1S/Na.H3O4P/c;1-5(2,3)4/h;(H3,1,2,3,4)/q+1;/p+3. The molecule has 0 fully saturated rings. The van der Waals surface area contributed by atoms with Crippen molar-refractivity contribution >= 4 is 7.82 Å². The van der Waals surface area contributed by atoms with Gasteiger partial charge in [-0.25, -0.2) is 4.57 Å². The van der Waals surface area contributed by atoms with E-state index in [2.05, 4.69) is 0 Å². The maximum atomic E-state index is 8.88. The molecule has 0 aromatic rings. The van der Waals surface area contributed by atoms with Gasteiger partial charge in [0.25, 0.3) is 0 Å². The van der Waals surface area contributed by atoms with Crippen LogP contribution in [0.3, 0.4) is 0 Å². The first-order valence-electron chi connectivity index (χ1n) is 0.783. The molecule has 0 amide bonds. The number of hydrogen-bond acceptors (Lipinski definition) is 1. The summed E-state index contributed by atoms with van der Waals surface area (Å²) in [5.41, 5.74) is 0. The molecular formula is H6NaO4P+4. The molecule has 0 atom stereocenters. The van der Waals surface area contributed by atoms with E-state index in [9.17, 15) is 0 Å². The van der Waals surface area contributed by atoms with Crippen molar-refractivity contribution in [2.24, 2.45) is 0 Å². The van der Waals surface area contributed by atoms with Crippen molar-refractivity contribution in [1.29, 1.82) is 0 Å². The Morgan fingerprint density at radius 3 is 1.33 bits per heavy atom. The molecule has 0 saturated heterocycles. The Balaban J connectivity index is -0.0000000133. The third-order valence-corrected chi connectivity index (χ3v) is 0. The second-order valence-corrected chi connectivity index (χ2v) is 1.54. The Morgan fingerprint density at radius 1 is 1.33 bits per heavy atom. The van der Waals surface area contributed by atoms with Crippen molar-refractivity contribution in [2.75, 3.05) is 0 Å². The van der Waals surface area contributed by atoms with Crippen LogP contribution in [0.5, 0.6) is 0 Å². The van der Waals surface area contributed by atoms with Crippen molar-refractivity contribution in [2.45, 2.75) is 0 Å². The third kappa shape index (κ3) is 70.1. The average Bonchev–Trinajstić information content (AvgIpc) is 0.722. The predicted molar refractivity (Wildman–Crippen MR) is 17.6 cm³/mol.